The lowest BCUT2D eigenvalue weighted by Crippen LogP contribution is -1.93. The topological polar surface area (TPSA) is 71.3 Å². The van der Waals surface area contributed by atoms with Crippen molar-refractivity contribution in [3.63, 3.8) is 0 Å². The van der Waals surface area contributed by atoms with Gasteiger partial charge < -0.3 is 19.8 Å². The van der Waals surface area contributed by atoms with E-state index in [2.05, 4.69) is 5.16 Å². The third kappa shape index (κ3) is 1.71. The molecule has 0 atom stereocenters. The van der Waals surface area contributed by atoms with Crippen LogP contribution in [0.1, 0.15) is 5.56 Å². The lowest BCUT2D eigenvalue weighted by molar-refractivity contribution is 0.320. The van der Waals surface area contributed by atoms with E-state index < -0.39 is 0 Å². The highest BCUT2D eigenvalue weighted by Gasteiger charge is 2.12. The van der Waals surface area contributed by atoms with Crippen molar-refractivity contribution in [1.29, 1.82) is 0 Å². The van der Waals surface area contributed by atoms with Crippen LogP contribution in [-0.2, 0) is 0 Å². The number of hydrogen-bond acceptors (Lipinski definition) is 5. The molecule has 0 spiro atoms. The molecule has 14 heavy (non-hydrogen) atoms. The van der Waals surface area contributed by atoms with Gasteiger partial charge in [0.05, 0.1) is 20.4 Å². The lowest BCUT2D eigenvalue weighted by atomic mass is 10.2. The van der Waals surface area contributed by atoms with Crippen LogP contribution in [0.15, 0.2) is 17.3 Å². The van der Waals surface area contributed by atoms with Gasteiger partial charge >= 0.3 is 0 Å². The minimum atomic E-state index is -0.121. The van der Waals surface area contributed by atoms with Crippen LogP contribution < -0.4 is 9.47 Å². The van der Waals surface area contributed by atoms with Gasteiger partial charge in [-0.1, -0.05) is 5.16 Å². The van der Waals surface area contributed by atoms with Crippen molar-refractivity contribution >= 4 is 6.21 Å². The molecule has 0 fully saturated rings. The second-order valence-electron chi connectivity index (χ2n) is 2.48. The van der Waals surface area contributed by atoms with Crippen molar-refractivity contribution in [1.82, 2.24) is 0 Å². The molecule has 0 radical (unpaired) electrons. The van der Waals surface area contributed by atoms with E-state index in [1.54, 1.807) is 12.1 Å². The smallest absolute Gasteiger partial charge is 0.203 e. The molecule has 1 aromatic rings. The molecule has 76 valence electrons. The Balaban J connectivity index is 3.27. The molecular formula is C9H11NO4. The van der Waals surface area contributed by atoms with E-state index in [1.807, 2.05) is 0 Å². The number of rotatable bonds is 3. The largest absolute Gasteiger partial charge is 0.504 e. The maximum atomic E-state index is 9.62. The molecule has 2 N–H and O–H groups in total. The van der Waals surface area contributed by atoms with Gasteiger partial charge in [0.1, 0.15) is 0 Å². The van der Waals surface area contributed by atoms with Gasteiger partial charge in [0.15, 0.2) is 11.5 Å². The Morgan fingerprint density at radius 3 is 2.50 bits per heavy atom. The molecule has 0 saturated heterocycles. The summed E-state index contributed by atoms with van der Waals surface area (Å²) in [6.07, 6.45) is 1.11. The number of aromatic hydroxyl groups is 1. The Labute approximate surface area is 81.2 Å². The first-order chi connectivity index (χ1) is 6.74. The first-order valence-electron chi connectivity index (χ1n) is 3.86. The van der Waals surface area contributed by atoms with Crippen LogP contribution in [0.4, 0.5) is 0 Å². The number of ether oxygens (including phenoxy) is 2. The molecule has 1 aromatic carbocycles. The van der Waals surface area contributed by atoms with E-state index >= 15 is 0 Å². The quantitative estimate of drug-likeness (QED) is 0.434. The highest BCUT2D eigenvalue weighted by atomic mass is 16.5. The number of phenols is 1. The Bertz CT molecular complexity index is 349. The van der Waals surface area contributed by atoms with E-state index in [0.29, 0.717) is 11.3 Å². The summed E-state index contributed by atoms with van der Waals surface area (Å²) >= 11 is 0. The Morgan fingerprint density at radius 2 is 2.00 bits per heavy atom. The van der Waals surface area contributed by atoms with Crippen LogP contribution in [0, 0.1) is 0 Å². The summed E-state index contributed by atoms with van der Waals surface area (Å²) in [6.45, 7) is 0. The van der Waals surface area contributed by atoms with Gasteiger partial charge in [-0.3, -0.25) is 0 Å². The summed E-state index contributed by atoms with van der Waals surface area (Å²) in [6, 6.07) is 3.16. The second kappa shape index (κ2) is 4.36. The fourth-order valence-electron chi connectivity index (χ4n) is 1.09. The number of phenolic OH excluding ortho intramolecular Hbond substituents is 1. The fourth-order valence-corrected chi connectivity index (χ4v) is 1.09. The van der Waals surface area contributed by atoms with E-state index in [4.69, 9.17) is 14.7 Å². The second-order valence-corrected chi connectivity index (χ2v) is 2.48. The van der Waals surface area contributed by atoms with Crippen molar-refractivity contribution in [2.24, 2.45) is 5.16 Å². The monoisotopic (exact) mass is 197 g/mol. The van der Waals surface area contributed by atoms with Crippen molar-refractivity contribution in [3.8, 4) is 17.2 Å². The number of methoxy groups -OCH3 is 2. The predicted molar refractivity (Wildman–Crippen MR) is 50.6 cm³/mol. The molecule has 5 heteroatoms. The standard InChI is InChI=1S/C9H11NO4/c1-13-7-4-3-6(5-10-12)8(11)9(7)14-2/h3-5,11-12H,1-2H3/b10-5-. The number of nitrogens with zero attached hydrogens (tertiary/aromatic N) is 1. The summed E-state index contributed by atoms with van der Waals surface area (Å²) in [4.78, 5) is 0. The molecule has 0 unspecified atom stereocenters. The number of benzene rings is 1. The van der Waals surface area contributed by atoms with Crippen LogP contribution in [0.5, 0.6) is 17.2 Å². The molecule has 0 aliphatic carbocycles. The SMILES string of the molecule is COc1ccc(/C=N\O)c(O)c1OC. The summed E-state index contributed by atoms with van der Waals surface area (Å²) in [5.74, 6) is 0.509. The molecule has 0 aromatic heterocycles. The van der Waals surface area contributed by atoms with Crippen LogP contribution in [0.3, 0.4) is 0 Å². The predicted octanol–water partition coefficient (Wildman–Crippen LogP) is 1.22. The van der Waals surface area contributed by atoms with Gasteiger partial charge in [-0.25, -0.2) is 0 Å². The van der Waals surface area contributed by atoms with Gasteiger partial charge in [-0.2, -0.15) is 0 Å². The molecule has 0 heterocycles. The normalized spacial score (nSPS) is 10.4. The zero-order valence-electron chi connectivity index (χ0n) is 7.89. The minimum absolute atomic E-state index is 0.121. The van der Waals surface area contributed by atoms with Crippen LogP contribution >= 0.6 is 0 Å². The van der Waals surface area contributed by atoms with Gasteiger partial charge in [0.25, 0.3) is 0 Å². The summed E-state index contributed by atoms with van der Waals surface area (Å²) in [7, 11) is 2.88. The summed E-state index contributed by atoms with van der Waals surface area (Å²) in [5.41, 5.74) is 0.352. The van der Waals surface area contributed by atoms with E-state index in [-0.39, 0.29) is 11.5 Å². The van der Waals surface area contributed by atoms with Crippen molar-refractivity contribution < 1.29 is 19.8 Å². The maximum absolute atomic E-state index is 9.62. The Morgan fingerprint density at radius 1 is 1.29 bits per heavy atom. The van der Waals surface area contributed by atoms with Gasteiger partial charge in [0, 0.05) is 5.56 Å². The molecular weight excluding hydrogens is 186 g/mol. The van der Waals surface area contributed by atoms with Crippen LogP contribution in [0.2, 0.25) is 0 Å². The average molecular weight is 197 g/mol. The zero-order chi connectivity index (χ0) is 10.6. The molecule has 0 bridgehead atoms. The summed E-state index contributed by atoms with van der Waals surface area (Å²) < 4.78 is 9.89. The Hall–Kier alpha value is -1.91. The average Bonchev–Trinajstić information content (AvgIpc) is 2.21. The van der Waals surface area contributed by atoms with Crippen molar-refractivity contribution in [2.75, 3.05) is 14.2 Å². The molecule has 0 aliphatic rings. The van der Waals surface area contributed by atoms with Crippen LogP contribution in [-0.4, -0.2) is 30.7 Å². The van der Waals surface area contributed by atoms with E-state index in [1.165, 1.54) is 14.2 Å². The minimum Gasteiger partial charge on any atom is -0.504 e. The van der Waals surface area contributed by atoms with E-state index in [0.717, 1.165) is 6.21 Å². The first kappa shape index (κ1) is 10.2. The molecule has 0 aliphatic heterocycles. The first-order valence-corrected chi connectivity index (χ1v) is 3.86. The highest BCUT2D eigenvalue weighted by molar-refractivity contribution is 5.85. The third-order valence-electron chi connectivity index (χ3n) is 1.75. The molecule has 5 nitrogen and oxygen atoms in total. The lowest BCUT2D eigenvalue weighted by Gasteiger charge is -2.10. The molecule has 0 amide bonds. The van der Waals surface area contributed by atoms with Gasteiger partial charge in [0.2, 0.25) is 5.75 Å². The van der Waals surface area contributed by atoms with Crippen LogP contribution in [0.25, 0.3) is 0 Å². The van der Waals surface area contributed by atoms with Gasteiger partial charge in [-0.05, 0) is 12.1 Å². The van der Waals surface area contributed by atoms with Crippen molar-refractivity contribution in [3.05, 3.63) is 17.7 Å². The van der Waals surface area contributed by atoms with E-state index in [9.17, 15) is 5.11 Å². The molecule has 0 saturated carbocycles. The Kier molecular flexibility index (Phi) is 3.17. The van der Waals surface area contributed by atoms with Gasteiger partial charge in [-0.15, -0.1) is 0 Å². The summed E-state index contributed by atoms with van der Waals surface area (Å²) in [5, 5.41) is 20.8. The number of hydrogen-bond donors (Lipinski definition) is 2. The maximum Gasteiger partial charge on any atom is 0.203 e. The highest BCUT2D eigenvalue weighted by Crippen LogP contribution is 2.37. The number of oxime groups is 1. The molecule has 1 rings (SSSR count). The third-order valence-corrected chi connectivity index (χ3v) is 1.75. The fraction of sp³-hybridized carbons (Fsp3) is 0.222. The zero-order valence-corrected chi connectivity index (χ0v) is 7.89. The van der Waals surface area contributed by atoms with Crippen molar-refractivity contribution in [2.45, 2.75) is 0 Å².